The first kappa shape index (κ1) is 12.2. The van der Waals surface area contributed by atoms with Crippen molar-refractivity contribution in [2.24, 2.45) is 11.7 Å². The quantitative estimate of drug-likeness (QED) is 0.882. The maximum Gasteiger partial charge on any atom is 0.0233 e. The third-order valence-electron chi connectivity index (χ3n) is 4.45. The molecule has 0 atom stereocenters. The fourth-order valence-corrected chi connectivity index (χ4v) is 3.00. The van der Waals surface area contributed by atoms with Crippen LogP contribution >= 0.6 is 0 Å². The second-order valence-corrected chi connectivity index (χ2v) is 5.97. The van der Waals surface area contributed by atoms with Crippen LogP contribution in [0.3, 0.4) is 0 Å². The number of nitrogens with zero attached hydrogens (tertiary/aromatic N) is 1. The molecule has 2 N–H and O–H groups in total. The van der Waals surface area contributed by atoms with Crippen molar-refractivity contribution >= 4 is 0 Å². The molecule has 0 spiro atoms. The minimum Gasteiger partial charge on any atom is -0.330 e. The van der Waals surface area contributed by atoms with Crippen molar-refractivity contribution in [1.29, 1.82) is 0 Å². The molecule has 1 saturated carbocycles. The van der Waals surface area contributed by atoms with E-state index in [1.807, 2.05) is 0 Å². The molecular weight excluding hydrogens is 220 g/mol. The van der Waals surface area contributed by atoms with E-state index in [1.165, 1.54) is 44.3 Å². The summed E-state index contributed by atoms with van der Waals surface area (Å²) in [5.74, 6) is 1.63. The number of likely N-dealkylation sites (tertiary alicyclic amines) is 1. The number of hydrogen-bond acceptors (Lipinski definition) is 2. The van der Waals surface area contributed by atoms with Crippen molar-refractivity contribution in [1.82, 2.24) is 4.90 Å². The second kappa shape index (κ2) is 5.41. The summed E-state index contributed by atoms with van der Waals surface area (Å²) in [6, 6.07) is 9.23. The fraction of sp³-hybridized carbons (Fsp3) is 0.625. The molecule has 1 heterocycles. The zero-order valence-corrected chi connectivity index (χ0v) is 11.1. The molecule has 3 rings (SSSR count). The Morgan fingerprint density at radius 3 is 2.56 bits per heavy atom. The van der Waals surface area contributed by atoms with Crippen LogP contribution in [0.15, 0.2) is 24.3 Å². The molecule has 1 saturated heterocycles. The molecule has 0 radical (unpaired) electrons. The summed E-state index contributed by atoms with van der Waals surface area (Å²) in [7, 11) is 0. The molecule has 1 aromatic carbocycles. The molecule has 98 valence electrons. The van der Waals surface area contributed by atoms with E-state index >= 15 is 0 Å². The van der Waals surface area contributed by atoms with Gasteiger partial charge in [0.1, 0.15) is 0 Å². The van der Waals surface area contributed by atoms with E-state index in [-0.39, 0.29) is 0 Å². The summed E-state index contributed by atoms with van der Waals surface area (Å²) >= 11 is 0. The molecule has 2 nitrogen and oxygen atoms in total. The molecule has 2 aliphatic rings. The van der Waals surface area contributed by atoms with Crippen LogP contribution in [-0.2, 0) is 6.54 Å². The lowest BCUT2D eigenvalue weighted by molar-refractivity contribution is 0.180. The number of rotatable bonds is 4. The monoisotopic (exact) mass is 244 g/mol. The molecule has 1 aromatic rings. The Kier molecular flexibility index (Phi) is 3.67. The normalized spacial score (nSPS) is 22.3. The Morgan fingerprint density at radius 1 is 1.11 bits per heavy atom. The largest absolute Gasteiger partial charge is 0.330 e. The first-order chi connectivity index (χ1) is 8.85. The van der Waals surface area contributed by atoms with Gasteiger partial charge in [0.15, 0.2) is 0 Å². The van der Waals surface area contributed by atoms with Crippen LogP contribution in [-0.4, -0.2) is 24.5 Å². The Labute approximate surface area is 110 Å². The molecule has 0 unspecified atom stereocenters. The number of hydrogen-bond donors (Lipinski definition) is 1. The fourth-order valence-electron chi connectivity index (χ4n) is 3.00. The first-order valence-electron chi connectivity index (χ1n) is 7.36. The summed E-state index contributed by atoms with van der Waals surface area (Å²) in [6.45, 7) is 4.42. The van der Waals surface area contributed by atoms with Gasteiger partial charge in [0.2, 0.25) is 0 Å². The predicted molar refractivity (Wildman–Crippen MR) is 75.5 cm³/mol. The van der Waals surface area contributed by atoms with Gasteiger partial charge in [-0.25, -0.2) is 0 Å². The highest BCUT2D eigenvalue weighted by Crippen LogP contribution is 2.40. The Hall–Kier alpha value is -0.860. The SMILES string of the molecule is NCC1CCN(Cc2cccc(C3CC3)c2)CC1. The number of nitrogens with two attached hydrogens (primary N) is 1. The third kappa shape index (κ3) is 2.93. The van der Waals surface area contributed by atoms with Crippen LogP contribution < -0.4 is 5.73 Å². The Bertz CT molecular complexity index is 390. The predicted octanol–water partition coefficient (Wildman–Crippen LogP) is 2.73. The molecule has 2 fully saturated rings. The van der Waals surface area contributed by atoms with Gasteiger partial charge in [-0.05, 0) is 68.3 Å². The smallest absolute Gasteiger partial charge is 0.0233 e. The molecule has 0 aromatic heterocycles. The van der Waals surface area contributed by atoms with Crippen LogP contribution in [0.2, 0.25) is 0 Å². The lowest BCUT2D eigenvalue weighted by Gasteiger charge is -2.31. The highest BCUT2D eigenvalue weighted by molar-refractivity contribution is 5.29. The molecule has 0 amide bonds. The number of benzene rings is 1. The molecule has 2 heteroatoms. The first-order valence-corrected chi connectivity index (χ1v) is 7.36. The summed E-state index contributed by atoms with van der Waals surface area (Å²) in [5.41, 5.74) is 8.79. The number of piperidine rings is 1. The van der Waals surface area contributed by atoms with Crippen molar-refractivity contribution in [3.05, 3.63) is 35.4 Å². The maximum absolute atomic E-state index is 5.74. The van der Waals surface area contributed by atoms with Crippen LogP contribution in [0, 0.1) is 5.92 Å². The van der Waals surface area contributed by atoms with Gasteiger partial charge in [-0.1, -0.05) is 24.3 Å². The minimum absolute atomic E-state index is 0.763. The molecule has 1 aliphatic carbocycles. The second-order valence-electron chi connectivity index (χ2n) is 5.97. The highest BCUT2D eigenvalue weighted by atomic mass is 15.1. The standard InChI is InChI=1S/C16H24N2/c17-11-13-6-8-18(9-7-13)12-14-2-1-3-16(10-14)15-4-5-15/h1-3,10,13,15H,4-9,11-12,17H2. The average Bonchev–Trinajstić information content (AvgIpc) is 3.24. The van der Waals surface area contributed by atoms with E-state index in [0.29, 0.717) is 0 Å². The van der Waals surface area contributed by atoms with Gasteiger partial charge in [0, 0.05) is 6.54 Å². The minimum atomic E-state index is 0.763. The van der Waals surface area contributed by atoms with Gasteiger partial charge >= 0.3 is 0 Å². The van der Waals surface area contributed by atoms with Crippen LogP contribution in [0.4, 0.5) is 0 Å². The van der Waals surface area contributed by atoms with E-state index in [1.54, 1.807) is 5.56 Å². The highest BCUT2D eigenvalue weighted by Gasteiger charge is 2.23. The van der Waals surface area contributed by atoms with Crippen molar-refractivity contribution in [3.63, 3.8) is 0 Å². The van der Waals surface area contributed by atoms with Crippen molar-refractivity contribution < 1.29 is 0 Å². The van der Waals surface area contributed by atoms with Gasteiger partial charge in [0.25, 0.3) is 0 Å². The molecule has 0 bridgehead atoms. The van der Waals surface area contributed by atoms with E-state index in [2.05, 4.69) is 29.2 Å². The zero-order chi connectivity index (χ0) is 12.4. The average molecular weight is 244 g/mol. The Balaban J connectivity index is 1.57. The molecular formula is C16H24N2. The van der Waals surface area contributed by atoms with E-state index in [4.69, 9.17) is 5.73 Å². The summed E-state index contributed by atoms with van der Waals surface area (Å²) in [6.07, 6.45) is 5.34. The lowest BCUT2D eigenvalue weighted by atomic mass is 9.96. The van der Waals surface area contributed by atoms with E-state index in [9.17, 15) is 0 Å². The summed E-state index contributed by atoms with van der Waals surface area (Å²) in [4.78, 5) is 2.58. The van der Waals surface area contributed by atoms with Crippen LogP contribution in [0.1, 0.15) is 42.7 Å². The van der Waals surface area contributed by atoms with E-state index in [0.717, 1.165) is 24.9 Å². The lowest BCUT2D eigenvalue weighted by Crippen LogP contribution is -2.35. The molecule has 1 aliphatic heterocycles. The summed E-state index contributed by atoms with van der Waals surface area (Å²) < 4.78 is 0. The topological polar surface area (TPSA) is 29.3 Å². The van der Waals surface area contributed by atoms with Crippen LogP contribution in [0.25, 0.3) is 0 Å². The zero-order valence-electron chi connectivity index (χ0n) is 11.1. The van der Waals surface area contributed by atoms with Gasteiger partial charge < -0.3 is 5.73 Å². The van der Waals surface area contributed by atoms with Gasteiger partial charge in [-0.3, -0.25) is 4.90 Å². The van der Waals surface area contributed by atoms with Crippen molar-refractivity contribution in [2.75, 3.05) is 19.6 Å². The van der Waals surface area contributed by atoms with Gasteiger partial charge in [0.05, 0.1) is 0 Å². The maximum atomic E-state index is 5.74. The molecule has 18 heavy (non-hydrogen) atoms. The summed E-state index contributed by atoms with van der Waals surface area (Å²) in [5, 5.41) is 0. The van der Waals surface area contributed by atoms with Crippen LogP contribution in [0.5, 0.6) is 0 Å². The van der Waals surface area contributed by atoms with Gasteiger partial charge in [-0.15, -0.1) is 0 Å². The van der Waals surface area contributed by atoms with Gasteiger partial charge in [-0.2, -0.15) is 0 Å². The third-order valence-corrected chi connectivity index (χ3v) is 4.45. The van der Waals surface area contributed by atoms with E-state index < -0.39 is 0 Å². The van der Waals surface area contributed by atoms with Crippen molar-refractivity contribution in [2.45, 2.75) is 38.1 Å². The van der Waals surface area contributed by atoms with Crippen molar-refractivity contribution in [3.8, 4) is 0 Å². The Morgan fingerprint density at radius 2 is 1.89 bits per heavy atom.